The molecule has 0 bridgehead atoms. The zero-order valence-electron chi connectivity index (χ0n) is 15.2. The predicted octanol–water partition coefficient (Wildman–Crippen LogP) is 3.34. The van der Waals surface area contributed by atoms with Crippen LogP contribution >= 0.6 is 0 Å². The summed E-state index contributed by atoms with van der Waals surface area (Å²) in [5.74, 6) is 0.418. The Hall–Kier alpha value is -1.42. The second-order valence-corrected chi connectivity index (χ2v) is 7.29. The largest absolute Gasteiger partial charge is 0.374 e. The van der Waals surface area contributed by atoms with Crippen LogP contribution in [0.25, 0.3) is 0 Å². The molecule has 0 aromatic heterocycles. The van der Waals surface area contributed by atoms with Crippen LogP contribution in [-0.2, 0) is 11.3 Å². The fraction of sp³-hybridized carbons (Fsp3) is 0.524. The van der Waals surface area contributed by atoms with Crippen LogP contribution in [0, 0.1) is 5.92 Å². The summed E-state index contributed by atoms with van der Waals surface area (Å²) in [5, 5.41) is 0. The fourth-order valence-corrected chi connectivity index (χ4v) is 3.53. The summed E-state index contributed by atoms with van der Waals surface area (Å²) in [4.78, 5) is 5.13. The second kappa shape index (κ2) is 7.64. The van der Waals surface area contributed by atoms with Gasteiger partial charge < -0.3 is 4.74 Å². The Balaban J connectivity index is 1.48. The lowest BCUT2D eigenvalue weighted by molar-refractivity contribution is 0.0175. The lowest BCUT2D eigenvalue weighted by Crippen LogP contribution is -2.46. The third-order valence-corrected chi connectivity index (χ3v) is 5.56. The molecule has 1 fully saturated rings. The Kier molecular flexibility index (Phi) is 5.54. The first kappa shape index (κ1) is 17.4. The molecule has 2 atom stereocenters. The molecule has 0 radical (unpaired) electrons. The summed E-state index contributed by atoms with van der Waals surface area (Å²) in [6, 6.07) is 10.8. The topological polar surface area (TPSA) is 15.7 Å². The number of hydrogen-bond donors (Lipinski definition) is 0. The molecule has 2 aliphatic rings. The van der Waals surface area contributed by atoms with E-state index in [1.807, 2.05) is 0 Å². The van der Waals surface area contributed by atoms with E-state index in [0.29, 0.717) is 5.92 Å². The quantitative estimate of drug-likeness (QED) is 0.825. The Bertz CT molecular complexity index is 587. The maximum atomic E-state index is 5.65. The van der Waals surface area contributed by atoms with Gasteiger partial charge in [-0.25, -0.2) is 0 Å². The van der Waals surface area contributed by atoms with Crippen LogP contribution in [0.1, 0.15) is 19.4 Å². The standard InChI is InChI=1S/C21H30N2O/c1-18-15-20(9-10-21(18,2)24-3)17-23-13-11-22(12-14-23)16-19-7-5-4-6-8-19/h4-10,15,18H,11-14,16-17H2,1-3H3. The molecular formula is C21H30N2O. The van der Waals surface area contributed by atoms with Gasteiger partial charge in [-0.1, -0.05) is 55.5 Å². The average molecular weight is 326 g/mol. The van der Waals surface area contributed by atoms with Gasteiger partial charge in [0.2, 0.25) is 0 Å². The predicted molar refractivity (Wildman–Crippen MR) is 100.0 cm³/mol. The Morgan fingerprint density at radius 2 is 1.67 bits per heavy atom. The SMILES string of the molecule is COC1(C)C=CC(CN2CCN(Cc3ccccc3)CC2)=CC1C. The molecule has 3 heteroatoms. The number of rotatable bonds is 5. The minimum atomic E-state index is -0.155. The van der Waals surface area contributed by atoms with Crippen LogP contribution in [0.4, 0.5) is 0 Å². The highest BCUT2D eigenvalue weighted by Gasteiger charge is 2.29. The summed E-state index contributed by atoms with van der Waals surface area (Å²) in [5.41, 5.74) is 2.68. The van der Waals surface area contributed by atoms with Crippen molar-refractivity contribution in [2.45, 2.75) is 26.0 Å². The first-order chi connectivity index (χ1) is 11.6. The highest BCUT2D eigenvalue weighted by Crippen LogP contribution is 2.29. The van der Waals surface area contributed by atoms with Crippen LogP contribution in [0.3, 0.4) is 0 Å². The lowest BCUT2D eigenvalue weighted by Gasteiger charge is -2.37. The first-order valence-electron chi connectivity index (χ1n) is 9.03. The Labute approximate surface area is 146 Å². The van der Waals surface area contributed by atoms with E-state index in [9.17, 15) is 0 Å². The molecule has 0 amide bonds. The number of hydrogen-bond acceptors (Lipinski definition) is 3. The molecule has 0 N–H and O–H groups in total. The number of piperazine rings is 1. The van der Waals surface area contributed by atoms with Crippen molar-refractivity contribution in [3.05, 3.63) is 59.7 Å². The molecule has 1 heterocycles. The first-order valence-corrected chi connectivity index (χ1v) is 9.03. The summed E-state index contributed by atoms with van der Waals surface area (Å²) >= 11 is 0. The van der Waals surface area contributed by atoms with Crippen LogP contribution < -0.4 is 0 Å². The molecule has 1 aromatic carbocycles. The van der Waals surface area contributed by atoms with Gasteiger partial charge in [0.15, 0.2) is 0 Å². The molecule has 130 valence electrons. The van der Waals surface area contributed by atoms with Gasteiger partial charge >= 0.3 is 0 Å². The Morgan fingerprint density at radius 1 is 1.04 bits per heavy atom. The molecule has 0 spiro atoms. The van der Waals surface area contributed by atoms with Gasteiger partial charge in [-0.05, 0) is 18.1 Å². The molecule has 2 unspecified atom stereocenters. The zero-order chi connectivity index (χ0) is 17.0. The summed E-state index contributed by atoms with van der Waals surface area (Å²) in [6.45, 7) is 11.1. The number of nitrogens with zero attached hydrogens (tertiary/aromatic N) is 2. The van der Waals surface area contributed by atoms with Crippen LogP contribution in [0.2, 0.25) is 0 Å². The molecular weight excluding hydrogens is 296 g/mol. The van der Waals surface area contributed by atoms with E-state index >= 15 is 0 Å². The highest BCUT2D eigenvalue weighted by atomic mass is 16.5. The van der Waals surface area contributed by atoms with Crippen molar-refractivity contribution in [3.8, 4) is 0 Å². The van der Waals surface area contributed by atoms with Gasteiger partial charge in [-0.2, -0.15) is 0 Å². The summed E-state index contributed by atoms with van der Waals surface area (Å²) < 4.78 is 5.65. The average Bonchev–Trinajstić information content (AvgIpc) is 2.61. The van der Waals surface area contributed by atoms with Crippen molar-refractivity contribution in [1.82, 2.24) is 9.80 Å². The Morgan fingerprint density at radius 3 is 2.25 bits per heavy atom. The molecule has 1 aliphatic heterocycles. The van der Waals surface area contributed by atoms with E-state index in [1.54, 1.807) is 7.11 Å². The van der Waals surface area contributed by atoms with Crippen molar-refractivity contribution in [3.63, 3.8) is 0 Å². The minimum absolute atomic E-state index is 0.155. The van der Waals surface area contributed by atoms with Gasteiger partial charge in [0.1, 0.15) is 0 Å². The van der Waals surface area contributed by atoms with E-state index in [1.165, 1.54) is 11.1 Å². The van der Waals surface area contributed by atoms with Gasteiger partial charge in [-0.3, -0.25) is 9.80 Å². The smallest absolute Gasteiger partial charge is 0.0893 e. The molecule has 3 nitrogen and oxygen atoms in total. The second-order valence-electron chi connectivity index (χ2n) is 7.29. The molecule has 1 aliphatic carbocycles. The van der Waals surface area contributed by atoms with E-state index in [4.69, 9.17) is 4.74 Å². The summed E-state index contributed by atoms with van der Waals surface area (Å²) in [6.07, 6.45) is 6.85. The molecule has 1 saturated heterocycles. The number of benzene rings is 1. The van der Waals surface area contributed by atoms with Crippen LogP contribution in [0.15, 0.2) is 54.1 Å². The van der Waals surface area contributed by atoms with Crippen molar-refractivity contribution >= 4 is 0 Å². The van der Waals surface area contributed by atoms with Crippen molar-refractivity contribution in [2.24, 2.45) is 5.92 Å². The maximum Gasteiger partial charge on any atom is 0.0893 e. The molecule has 1 aromatic rings. The fourth-order valence-electron chi connectivity index (χ4n) is 3.53. The minimum Gasteiger partial charge on any atom is -0.374 e. The van der Waals surface area contributed by atoms with E-state index in [-0.39, 0.29) is 5.60 Å². The van der Waals surface area contributed by atoms with E-state index in [0.717, 1.165) is 39.3 Å². The molecule has 24 heavy (non-hydrogen) atoms. The van der Waals surface area contributed by atoms with Gasteiger partial charge in [0.25, 0.3) is 0 Å². The highest BCUT2D eigenvalue weighted by molar-refractivity contribution is 5.30. The van der Waals surface area contributed by atoms with Gasteiger partial charge in [0, 0.05) is 52.3 Å². The van der Waals surface area contributed by atoms with E-state index < -0.39 is 0 Å². The molecule has 0 saturated carbocycles. The van der Waals surface area contributed by atoms with Crippen molar-refractivity contribution < 1.29 is 4.74 Å². The molecule has 3 rings (SSSR count). The normalized spacial score (nSPS) is 28.8. The number of ether oxygens (including phenoxy) is 1. The number of methoxy groups -OCH3 is 1. The van der Waals surface area contributed by atoms with Gasteiger partial charge in [0.05, 0.1) is 5.60 Å². The van der Waals surface area contributed by atoms with E-state index in [2.05, 4.69) is 72.2 Å². The summed E-state index contributed by atoms with van der Waals surface area (Å²) in [7, 11) is 1.80. The van der Waals surface area contributed by atoms with Crippen molar-refractivity contribution in [2.75, 3.05) is 39.8 Å². The lowest BCUT2D eigenvalue weighted by atomic mass is 9.84. The van der Waals surface area contributed by atoms with Crippen molar-refractivity contribution in [1.29, 1.82) is 0 Å². The van der Waals surface area contributed by atoms with Crippen LogP contribution in [-0.4, -0.2) is 55.2 Å². The van der Waals surface area contributed by atoms with Crippen LogP contribution in [0.5, 0.6) is 0 Å². The monoisotopic (exact) mass is 326 g/mol. The third kappa shape index (κ3) is 4.15. The third-order valence-electron chi connectivity index (χ3n) is 5.56. The maximum absolute atomic E-state index is 5.65. The zero-order valence-corrected chi connectivity index (χ0v) is 15.2. The van der Waals surface area contributed by atoms with Gasteiger partial charge in [-0.15, -0.1) is 0 Å².